The van der Waals surface area contributed by atoms with Crippen LogP contribution in [0.2, 0.25) is 0 Å². The molecule has 1 heterocycles. The maximum Gasteiger partial charge on any atom is 0.235 e. The molecule has 3 rings (SSSR count). The number of nitrogens with zero attached hydrogens (tertiary/aromatic N) is 1. The molecule has 1 aliphatic heterocycles. The summed E-state index contributed by atoms with van der Waals surface area (Å²) in [4.78, 5) is 0. The second-order valence-corrected chi connectivity index (χ2v) is 7.10. The molecule has 4 nitrogen and oxygen atoms in total. The molecule has 0 spiro atoms. The van der Waals surface area contributed by atoms with Crippen LogP contribution < -0.4 is 9.04 Å². The molecule has 0 N–H and O–H groups in total. The van der Waals surface area contributed by atoms with Crippen LogP contribution in [0.1, 0.15) is 5.56 Å². The molecule has 0 aromatic heterocycles. The summed E-state index contributed by atoms with van der Waals surface area (Å²) < 4.78 is 45.2. The summed E-state index contributed by atoms with van der Waals surface area (Å²) in [5.74, 6) is -0.101. The first-order valence-electron chi connectivity index (χ1n) is 7.03. The fourth-order valence-corrected chi connectivity index (χ4v) is 3.97. The molecule has 0 saturated carbocycles. The third kappa shape index (κ3) is 3.06. The zero-order valence-electron chi connectivity index (χ0n) is 11.9. The Hall–Kier alpha value is -2.08. The molecule has 0 fully saturated rings. The van der Waals surface area contributed by atoms with E-state index in [1.54, 1.807) is 0 Å². The molecule has 0 saturated heterocycles. The molecule has 116 valence electrons. The quantitative estimate of drug-likeness (QED) is 0.869. The third-order valence-corrected chi connectivity index (χ3v) is 5.34. The van der Waals surface area contributed by atoms with Crippen molar-refractivity contribution in [2.75, 3.05) is 23.2 Å². The van der Waals surface area contributed by atoms with Gasteiger partial charge in [-0.05, 0) is 24.1 Å². The highest BCUT2D eigenvalue weighted by Gasteiger charge is 2.28. The van der Waals surface area contributed by atoms with E-state index in [-0.39, 0.29) is 24.6 Å². The molecule has 0 aliphatic carbocycles. The standard InChI is InChI=1S/C16H16FNO3S/c17-14-6-7-16-15(12-14)18(9-10-21-16)22(19,20)11-8-13-4-2-1-3-5-13/h1-7,12H,8-11H2. The van der Waals surface area contributed by atoms with Crippen LogP contribution in [0.4, 0.5) is 10.1 Å². The topological polar surface area (TPSA) is 46.6 Å². The minimum Gasteiger partial charge on any atom is -0.489 e. The highest BCUT2D eigenvalue weighted by atomic mass is 32.2. The van der Waals surface area contributed by atoms with Crippen molar-refractivity contribution in [3.8, 4) is 5.75 Å². The Kier molecular flexibility index (Phi) is 4.02. The Morgan fingerprint density at radius 2 is 1.91 bits per heavy atom. The first-order chi connectivity index (χ1) is 10.6. The van der Waals surface area contributed by atoms with Gasteiger partial charge in [0, 0.05) is 6.07 Å². The second kappa shape index (κ2) is 5.96. The van der Waals surface area contributed by atoms with Crippen molar-refractivity contribution in [1.29, 1.82) is 0 Å². The van der Waals surface area contributed by atoms with E-state index < -0.39 is 15.8 Å². The van der Waals surface area contributed by atoms with Crippen LogP contribution in [0, 0.1) is 5.82 Å². The summed E-state index contributed by atoms with van der Waals surface area (Å²) in [6.45, 7) is 0.469. The molecule has 2 aromatic carbocycles. The molecule has 22 heavy (non-hydrogen) atoms. The van der Waals surface area contributed by atoms with Crippen molar-refractivity contribution in [2.24, 2.45) is 0 Å². The predicted octanol–water partition coefficient (Wildman–Crippen LogP) is 2.60. The molecule has 0 radical (unpaired) electrons. The lowest BCUT2D eigenvalue weighted by Gasteiger charge is -2.30. The number of anilines is 1. The van der Waals surface area contributed by atoms with Crippen molar-refractivity contribution in [3.05, 3.63) is 59.9 Å². The van der Waals surface area contributed by atoms with Crippen LogP contribution in [-0.4, -0.2) is 27.3 Å². The highest BCUT2D eigenvalue weighted by Crippen LogP contribution is 2.34. The Balaban J connectivity index is 1.83. The second-order valence-electron chi connectivity index (χ2n) is 5.08. The molecule has 6 heteroatoms. The van der Waals surface area contributed by atoms with Gasteiger partial charge in [-0.3, -0.25) is 4.31 Å². The summed E-state index contributed by atoms with van der Waals surface area (Å²) in [5.41, 5.74) is 1.23. The third-order valence-electron chi connectivity index (χ3n) is 3.57. The average molecular weight is 321 g/mol. The number of fused-ring (bicyclic) bond motifs is 1. The normalized spacial score (nSPS) is 14.3. The van der Waals surface area contributed by atoms with Gasteiger partial charge in [-0.15, -0.1) is 0 Å². The van der Waals surface area contributed by atoms with Crippen LogP contribution >= 0.6 is 0 Å². The van der Waals surface area contributed by atoms with Crippen molar-refractivity contribution in [3.63, 3.8) is 0 Å². The maximum atomic E-state index is 13.4. The van der Waals surface area contributed by atoms with E-state index in [1.807, 2.05) is 30.3 Å². The van der Waals surface area contributed by atoms with E-state index >= 15 is 0 Å². The van der Waals surface area contributed by atoms with E-state index in [1.165, 1.54) is 22.5 Å². The van der Waals surface area contributed by atoms with Gasteiger partial charge in [0.2, 0.25) is 10.0 Å². The Labute approximate surface area is 129 Å². The monoisotopic (exact) mass is 321 g/mol. The van der Waals surface area contributed by atoms with Crippen molar-refractivity contribution >= 4 is 15.7 Å². The lowest BCUT2D eigenvalue weighted by molar-refractivity contribution is 0.315. The van der Waals surface area contributed by atoms with Crippen LogP contribution in [0.3, 0.4) is 0 Å². The zero-order valence-corrected chi connectivity index (χ0v) is 12.7. The van der Waals surface area contributed by atoms with Gasteiger partial charge in [-0.1, -0.05) is 30.3 Å². The van der Waals surface area contributed by atoms with Gasteiger partial charge in [0.05, 0.1) is 18.0 Å². The average Bonchev–Trinajstić information content (AvgIpc) is 2.53. The van der Waals surface area contributed by atoms with Gasteiger partial charge in [-0.2, -0.15) is 0 Å². The first-order valence-corrected chi connectivity index (χ1v) is 8.64. The number of halogens is 1. The molecule has 0 unspecified atom stereocenters. The highest BCUT2D eigenvalue weighted by molar-refractivity contribution is 7.92. The van der Waals surface area contributed by atoms with Gasteiger partial charge in [0.15, 0.2) is 0 Å². The van der Waals surface area contributed by atoms with E-state index in [0.717, 1.165) is 5.56 Å². The number of rotatable bonds is 4. The molecular formula is C16H16FNO3S. The molecule has 2 aromatic rings. The van der Waals surface area contributed by atoms with Crippen LogP contribution in [0.5, 0.6) is 5.75 Å². The molecule has 0 atom stereocenters. The first kappa shape index (κ1) is 14.8. The van der Waals surface area contributed by atoms with Crippen molar-refractivity contribution < 1.29 is 17.5 Å². The molecule has 0 bridgehead atoms. The summed E-state index contributed by atoms with van der Waals surface area (Å²) in [5, 5.41) is 0. The smallest absolute Gasteiger partial charge is 0.235 e. The number of benzene rings is 2. The Morgan fingerprint density at radius 3 is 2.68 bits per heavy atom. The summed E-state index contributed by atoms with van der Waals surface area (Å²) in [6, 6.07) is 13.4. The minimum atomic E-state index is -3.53. The van der Waals surface area contributed by atoms with Crippen molar-refractivity contribution in [2.45, 2.75) is 6.42 Å². The van der Waals surface area contributed by atoms with E-state index in [0.29, 0.717) is 12.2 Å². The van der Waals surface area contributed by atoms with E-state index in [4.69, 9.17) is 4.74 Å². The van der Waals surface area contributed by atoms with Gasteiger partial charge < -0.3 is 4.74 Å². The minimum absolute atomic E-state index is 0.0209. The maximum absolute atomic E-state index is 13.4. The fraction of sp³-hybridized carbons (Fsp3) is 0.250. The largest absolute Gasteiger partial charge is 0.489 e. The number of hydrogen-bond donors (Lipinski definition) is 0. The predicted molar refractivity (Wildman–Crippen MR) is 83.2 cm³/mol. The number of ether oxygens (including phenoxy) is 1. The fourth-order valence-electron chi connectivity index (χ4n) is 2.46. The summed E-state index contributed by atoms with van der Waals surface area (Å²) in [6.07, 6.45) is 0.422. The molecule has 0 amide bonds. The van der Waals surface area contributed by atoms with Gasteiger partial charge in [0.25, 0.3) is 0 Å². The van der Waals surface area contributed by atoms with E-state index in [2.05, 4.69) is 0 Å². The lowest BCUT2D eigenvalue weighted by atomic mass is 10.2. The lowest BCUT2D eigenvalue weighted by Crippen LogP contribution is -2.39. The molecule has 1 aliphatic rings. The van der Waals surface area contributed by atoms with Gasteiger partial charge >= 0.3 is 0 Å². The SMILES string of the molecule is O=S(=O)(CCc1ccccc1)N1CCOc2ccc(F)cc21. The summed E-state index contributed by atoms with van der Waals surface area (Å²) >= 11 is 0. The zero-order chi connectivity index (χ0) is 15.6. The van der Waals surface area contributed by atoms with Gasteiger partial charge in [-0.25, -0.2) is 12.8 Å². The summed E-state index contributed by atoms with van der Waals surface area (Å²) in [7, 11) is -3.53. The molecular weight excluding hydrogens is 305 g/mol. The number of hydrogen-bond acceptors (Lipinski definition) is 3. The van der Waals surface area contributed by atoms with Gasteiger partial charge in [0.1, 0.15) is 18.2 Å². The number of aryl methyl sites for hydroxylation is 1. The van der Waals surface area contributed by atoms with Crippen LogP contribution in [-0.2, 0) is 16.4 Å². The Bertz CT molecular complexity index is 762. The Morgan fingerprint density at radius 1 is 1.14 bits per heavy atom. The van der Waals surface area contributed by atoms with Crippen molar-refractivity contribution in [1.82, 2.24) is 0 Å². The van der Waals surface area contributed by atoms with Crippen LogP contribution in [0.15, 0.2) is 48.5 Å². The van der Waals surface area contributed by atoms with Crippen LogP contribution in [0.25, 0.3) is 0 Å². The number of sulfonamides is 1. The van der Waals surface area contributed by atoms with E-state index in [9.17, 15) is 12.8 Å².